The van der Waals surface area contributed by atoms with Crippen LogP contribution in [0.3, 0.4) is 0 Å². The van der Waals surface area contributed by atoms with Crippen molar-refractivity contribution in [3.05, 3.63) is 72.1 Å². The molecule has 112 valence electrons. The van der Waals surface area contributed by atoms with E-state index in [4.69, 9.17) is 12.2 Å². The first-order chi connectivity index (χ1) is 10.6. The number of nitrogens with zero attached hydrogens (tertiary/aromatic N) is 1. The van der Waals surface area contributed by atoms with Gasteiger partial charge in [0.15, 0.2) is 5.11 Å². The Morgan fingerprint density at radius 3 is 2.45 bits per heavy atom. The molecule has 2 rings (SSSR count). The van der Waals surface area contributed by atoms with Crippen molar-refractivity contribution in [3.63, 3.8) is 0 Å². The highest BCUT2D eigenvalue weighted by Gasteiger charge is 1.96. The highest BCUT2D eigenvalue weighted by Crippen LogP contribution is 2.07. The number of nitrogens with one attached hydrogen (secondary N) is 2. The van der Waals surface area contributed by atoms with Gasteiger partial charge in [-0.2, -0.15) is 5.10 Å². The van der Waals surface area contributed by atoms with E-state index in [2.05, 4.69) is 15.8 Å². The van der Waals surface area contributed by atoms with Crippen LogP contribution >= 0.6 is 12.2 Å². The summed E-state index contributed by atoms with van der Waals surface area (Å²) in [6.45, 7) is 1.87. The first kappa shape index (κ1) is 15.9. The molecule has 0 saturated carbocycles. The fourth-order valence-electron chi connectivity index (χ4n) is 1.65. The highest BCUT2D eigenvalue weighted by molar-refractivity contribution is 7.80. The largest absolute Gasteiger partial charge is 0.331 e. The van der Waals surface area contributed by atoms with Crippen LogP contribution in [0, 0.1) is 5.82 Å². The molecule has 0 heterocycles. The molecule has 2 aromatic rings. The minimum Gasteiger partial charge on any atom is -0.331 e. The minimum absolute atomic E-state index is 0.288. The maximum atomic E-state index is 12.8. The Morgan fingerprint density at radius 2 is 1.77 bits per heavy atom. The summed E-state index contributed by atoms with van der Waals surface area (Å²) in [7, 11) is 0. The van der Waals surface area contributed by atoms with Gasteiger partial charge in [0.05, 0.1) is 5.71 Å². The predicted octanol–water partition coefficient (Wildman–Crippen LogP) is 4.20. The summed E-state index contributed by atoms with van der Waals surface area (Å²) in [6, 6.07) is 15.9. The van der Waals surface area contributed by atoms with Gasteiger partial charge in [-0.15, -0.1) is 0 Å². The summed E-state index contributed by atoms with van der Waals surface area (Å²) in [5, 5.41) is 7.42. The zero-order chi connectivity index (χ0) is 15.8. The lowest BCUT2D eigenvalue weighted by Crippen LogP contribution is -2.24. The van der Waals surface area contributed by atoms with E-state index >= 15 is 0 Å². The Hall–Kier alpha value is -2.53. The standard InChI is InChI=1S/C17H16FN3S/c1-13(7-8-14-5-3-2-4-6-14)20-21-17(22)19-16-11-9-15(18)10-12-16/h2-12H,1H3,(H2,19,21,22)/b8-7+,20-13-. The van der Waals surface area contributed by atoms with E-state index in [9.17, 15) is 4.39 Å². The lowest BCUT2D eigenvalue weighted by atomic mass is 10.2. The lowest BCUT2D eigenvalue weighted by Gasteiger charge is -2.07. The molecule has 0 aliphatic carbocycles. The van der Waals surface area contributed by atoms with Gasteiger partial charge < -0.3 is 5.32 Å². The van der Waals surface area contributed by atoms with Crippen molar-refractivity contribution < 1.29 is 4.39 Å². The van der Waals surface area contributed by atoms with Crippen molar-refractivity contribution in [2.45, 2.75) is 6.92 Å². The van der Waals surface area contributed by atoms with Gasteiger partial charge in [-0.25, -0.2) is 4.39 Å². The van der Waals surface area contributed by atoms with Crippen LogP contribution in [0.5, 0.6) is 0 Å². The van der Waals surface area contributed by atoms with E-state index in [1.165, 1.54) is 12.1 Å². The zero-order valence-corrected chi connectivity index (χ0v) is 12.9. The Kier molecular flexibility index (Phi) is 5.80. The van der Waals surface area contributed by atoms with Gasteiger partial charge in [-0.05, 0) is 55.0 Å². The molecule has 22 heavy (non-hydrogen) atoms. The normalized spacial score (nSPS) is 11.5. The third-order valence-electron chi connectivity index (χ3n) is 2.75. The molecule has 3 nitrogen and oxygen atoms in total. The van der Waals surface area contributed by atoms with Crippen molar-refractivity contribution >= 4 is 34.8 Å². The molecule has 0 aliphatic rings. The molecular formula is C17H16FN3S. The maximum absolute atomic E-state index is 12.8. The van der Waals surface area contributed by atoms with Crippen LogP contribution in [0.1, 0.15) is 12.5 Å². The summed E-state index contributed by atoms with van der Waals surface area (Å²) < 4.78 is 12.8. The minimum atomic E-state index is -0.288. The molecule has 0 bridgehead atoms. The number of halogens is 1. The van der Waals surface area contributed by atoms with Crippen LogP contribution in [0.15, 0.2) is 65.8 Å². The molecule has 0 spiro atoms. The fourth-order valence-corrected chi connectivity index (χ4v) is 1.81. The number of thiocarbonyl (C=S) groups is 1. The average Bonchev–Trinajstić information content (AvgIpc) is 2.54. The van der Waals surface area contributed by atoms with Crippen LogP contribution in [0.4, 0.5) is 10.1 Å². The number of hydrogen-bond acceptors (Lipinski definition) is 2. The lowest BCUT2D eigenvalue weighted by molar-refractivity contribution is 0.628. The van der Waals surface area contributed by atoms with E-state index in [1.54, 1.807) is 12.1 Å². The SMILES string of the molecule is CC(/C=C/c1ccccc1)=N/NC(=S)Nc1ccc(F)cc1. The van der Waals surface area contributed by atoms with E-state index < -0.39 is 0 Å². The average molecular weight is 313 g/mol. The number of rotatable bonds is 4. The molecule has 0 atom stereocenters. The van der Waals surface area contributed by atoms with Gasteiger partial charge in [0.1, 0.15) is 5.82 Å². The second kappa shape index (κ2) is 8.05. The number of allylic oxidation sites excluding steroid dienone is 1. The fraction of sp³-hybridized carbons (Fsp3) is 0.0588. The summed E-state index contributed by atoms with van der Waals surface area (Å²) in [5.41, 5.74) is 5.33. The van der Waals surface area contributed by atoms with Crippen LogP contribution in [0.2, 0.25) is 0 Å². The second-order valence-corrected chi connectivity index (χ2v) is 4.98. The van der Waals surface area contributed by atoms with Crippen molar-refractivity contribution in [3.8, 4) is 0 Å². The Labute approximate surface area is 134 Å². The monoisotopic (exact) mass is 313 g/mol. The van der Waals surface area contributed by atoms with Crippen molar-refractivity contribution in [1.29, 1.82) is 0 Å². The van der Waals surface area contributed by atoms with E-state index in [-0.39, 0.29) is 5.82 Å². The van der Waals surface area contributed by atoms with Crippen molar-refractivity contribution in [2.24, 2.45) is 5.10 Å². The van der Waals surface area contributed by atoms with Gasteiger partial charge in [0.2, 0.25) is 0 Å². The first-order valence-corrected chi connectivity index (χ1v) is 7.14. The molecule has 0 fully saturated rings. The summed E-state index contributed by atoms with van der Waals surface area (Å²) in [4.78, 5) is 0. The summed E-state index contributed by atoms with van der Waals surface area (Å²) in [6.07, 6.45) is 3.86. The molecule has 0 aliphatic heterocycles. The zero-order valence-electron chi connectivity index (χ0n) is 12.1. The van der Waals surface area contributed by atoms with Gasteiger partial charge in [-0.1, -0.05) is 36.4 Å². The Balaban J connectivity index is 1.86. The van der Waals surface area contributed by atoms with Gasteiger partial charge in [0, 0.05) is 5.69 Å². The van der Waals surface area contributed by atoms with Crippen LogP contribution in [-0.2, 0) is 0 Å². The third-order valence-corrected chi connectivity index (χ3v) is 2.95. The summed E-state index contributed by atoms with van der Waals surface area (Å²) >= 11 is 5.12. The molecule has 0 saturated heterocycles. The molecule has 0 unspecified atom stereocenters. The maximum Gasteiger partial charge on any atom is 0.191 e. The number of anilines is 1. The van der Waals surface area contributed by atoms with Crippen molar-refractivity contribution in [1.82, 2.24) is 5.43 Å². The van der Waals surface area contributed by atoms with E-state index in [1.807, 2.05) is 49.4 Å². The summed E-state index contributed by atoms with van der Waals surface area (Å²) in [5.74, 6) is -0.288. The van der Waals surface area contributed by atoms with Crippen LogP contribution in [0.25, 0.3) is 6.08 Å². The highest BCUT2D eigenvalue weighted by atomic mass is 32.1. The Bertz CT molecular complexity index is 679. The van der Waals surface area contributed by atoms with E-state index in [0.717, 1.165) is 11.3 Å². The number of hydrogen-bond donors (Lipinski definition) is 2. The number of benzene rings is 2. The Morgan fingerprint density at radius 1 is 1.09 bits per heavy atom. The predicted molar refractivity (Wildman–Crippen MR) is 94.3 cm³/mol. The molecular weight excluding hydrogens is 297 g/mol. The third kappa shape index (κ3) is 5.46. The quantitative estimate of drug-likeness (QED) is 0.504. The first-order valence-electron chi connectivity index (χ1n) is 6.73. The smallest absolute Gasteiger partial charge is 0.191 e. The van der Waals surface area contributed by atoms with Crippen LogP contribution < -0.4 is 10.7 Å². The van der Waals surface area contributed by atoms with Crippen LogP contribution in [-0.4, -0.2) is 10.8 Å². The second-order valence-electron chi connectivity index (χ2n) is 4.57. The molecule has 0 aromatic heterocycles. The molecule has 2 aromatic carbocycles. The van der Waals surface area contributed by atoms with Gasteiger partial charge in [-0.3, -0.25) is 5.43 Å². The van der Waals surface area contributed by atoms with Crippen molar-refractivity contribution in [2.75, 3.05) is 5.32 Å². The topological polar surface area (TPSA) is 36.4 Å². The molecule has 2 N–H and O–H groups in total. The number of hydrazone groups is 1. The van der Waals surface area contributed by atoms with E-state index in [0.29, 0.717) is 10.8 Å². The van der Waals surface area contributed by atoms with Gasteiger partial charge >= 0.3 is 0 Å². The molecule has 0 amide bonds. The molecule has 5 heteroatoms. The molecule has 0 radical (unpaired) electrons. The van der Waals surface area contributed by atoms with Gasteiger partial charge in [0.25, 0.3) is 0 Å².